The van der Waals surface area contributed by atoms with Crippen LogP contribution in [0.2, 0.25) is 0 Å². The Balaban J connectivity index is 2.14. The zero-order valence-corrected chi connectivity index (χ0v) is 15.1. The average Bonchev–Trinajstić information content (AvgIpc) is 2.78. The van der Waals surface area contributed by atoms with E-state index in [1.807, 2.05) is 12.1 Å². The van der Waals surface area contributed by atoms with Crippen molar-refractivity contribution in [3.8, 4) is 0 Å². The van der Waals surface area contributed by atoms with Gasteiger partial charge in [0.05, 0.1) is 17.1 Å². The van der Waals surface area contributed by atoms with Crippen molar-refractivity contribution >= 4 is 33.4 Å². The molecule has 1 aromatic heterocycles. The van der Waals surface area contributed by atoms with Gasteiger partial charge in [-0.3, -0.25) is 9.79 Å². The quantitative estimate of drug-likeness (QED) is 0.601. The molecule has 0 radical (unpaired) electrons. The molecule has 1 aromatic carbocycles. The molecule has 0 saturated carbocycles. The van der Waals surface area contributed by atoms with Gasteiger partial charge in [-0.05, 0) is 35.4 Å². The minimum absolute atomic E-state index is 0.489. The molecule has 3 rings (SSSR count). The third kappa shape index (κ3) is 3.41. The number of aliphatic imine (C=N–C) groups is 1. The van der Waals surface area contributed by atoms with Crippen molar-refractivity contribution in [3.63, 3.8) is 0 Å². The highest BCUT2D eigenvalue weighted by atomic mass is 32.1. The number of fused-ring (bicyclic) bond motifs is 1. The van der Waals surface area contributed by atoms with Gasteiger partial charge >= 0.3 is 0 Å². The van der Waals surface area contributed by atoms with Gasteiger partial charge in [-0.2, -0.15) is 0 Å². The van der Waals surface area contributed by atoms with Gasteiger partial charge in [-0.25, -0.2) is 0 Å². The summed E-state index contributed by atoms with van der Waals surface area (Å²) in [7, 11) is 0. The van der Waals surface area contributed by atoms with Crippen LogP contribution >= 0.6 is 11.3 Å². The Kier molecular flexibility index (Phi) is 5.41. The molecule has 1 atom stereocenters. The molecule has 0 spiro atoms. The normalized spacial score (nSPS) is 15.3. The summed E-state index contributed by atoms with van der Waals surface area (Å²) >= 11 is 1.76. The topological polar surface area (TPSA) is 29.4 Å². The molecule has 0 saturated heterocycles. The fourth-order valence-electron chi connectivity index (χ4n) is 3.18. The standard InChI is InChI=1S/C21H23NOS/c1-3-4-8-15(2)20-17-11-10-16(14-23)13-19(17)24-21(20)18-9-6-5-7-12-22-18/h5-7,9-11,13-15H,3-4,8,12H2,1-2H3. The number of carbonyl (C=O) groups is 1. The lowest BCUT2D eigenvalue weighted by molar-refractivity contribution is 0.112. The second-order valence-electron chi connectivity index (χ2n) is 6.27. The molecule has 2 nitrogen and oxygen atoms in total. The minimum atomic E-state index is 0.489. The lowest BCUT2D eigenvalue weighted by Gasteiger charge is -2.13. The fourth-order valence-corrected chi connectivity index (χ4v) is 4.54. The first-order chi connectivity index (χ1) is 11.7. The van der Waals surface area contributed by atoms with Crippen LogP contribution in [-0.4, -0.2) is 18.5 Å². The molecule has 1 aliphatic rings. The maximum atomic E-state index is 11.1. The maximum absolute atomic E-state index is 11.1. The zero-order valence-electron chi connectivity index (χ0n) is 14.3. The van der Waals surface area contributed by atoms with E-state index in [1.165, 1.54) is 39.8 Å². The van der Waals surface area contributed by atoms with Crippen molar-refractivity contribution in [1.29, 1.82) is 0 Å². The number of hydrogen-bond acceptors (Lipinski definition) is 3. The number of thiophene rings is 1. The van der Waals surface area contributed by atoms with E-state index in [0.29, 0.717) is 5.92 Å². The van der Waals surface area contributed by atoms with Gasteiger partial charge in [-0.15, -0.1) is 11.3 Å². The van der Waals surface area contributed by atoms with Crippen LogP contribution in [0.5, 0.6) is 0 Å². The highest BCUT2D eigenvalue weighted by Gasteiger charge is 2.20. The highest BCUT2D eigenvalue weighted by molar-refractivity contribution is 7.21. The van der Waals surface area contributed by atoms with Gasteiger partial charge in [0.1, 0.15) is 6.29 Å². The summed E-state index contributed by atoms with van der Waals surface area (Å²) in [6, 6.07) is 6.04. The van der Waals surface area contributed by atoms with E-state index in [1.54, 1.807) is 11.3 Å². The first-order valence-electron chi connectivity index (χ1n) is 8.64. The number of aldehydes is 1. The Morgan fingerprint density at radius 2 is 2.21 bits per heavy atom. The van der Waals surface area contributed by atoms with Crippen LogP contribution in [0, 0.1) is 0 Å². The predicted octanol–water partition coefficient (Wildman–Crippen LogP) is 5.92. The first kappa shape index (κ1) is 16.8. The molecule has 24 heavy (non-hydrogen) atoms. The van der Waals surface area contributed by atoms with E-state index in [9.17, 15) is 4.79 Å². The van der Waals surface area contributed by atoms with E-state index in [0.717, 1.165) is 24.1 Å². The van der Waals surface area contributed by atoms with Gasteiger partial charge in [0.25, 0.3) is 0 Å². The molecule has 0 aliphatic carbocycles. The van der Waals surface area contributed by atoms with Crippen LogP contribution < -0.4 is 0 Å². The Labute approximate surface area is 147 Å². The van der Waals surface area contributed by atoms with E-state index in [2.05, 4.69) is 44.2 Å². The van der Waals surface area contributed by atoms with Gasteiger partial charge in [0.2, 0.25) is 0 Å². The SMILES string of the molecule is CCCCC(C)c1c(C2=NCC=CC=C2)sc2cc(C=O)ccc12. The van der Waals surface area contributed by atoms with Crippen molar-refractivity contribution in [2.75, 3.05) is 6.54 Å². The molecule has 1 unspecified atom stereocenters. The molecular formula is C21H23NOS. The van der Waals surface area contributed by atoms with Crippen molar-refractivity contribution in [2.45, 2.75) is 39.0 Å². The summed E-state index contributed by atoms with van der Waals surface area (Å²) < 4.78 is 1.18. The summed E-state index contributed by atoms with van der Waals surface area (Å²) in [5, 5.41) is 1.28. The maximum Gasteiger partial charge on any atom is 0.150 e. The van der Waals surface area contributed by atoms with Crippen LogP contribution in [0.1, 0.15) is 59.8 Å². The van der Waals surface area contributed by atoms with E-state index in [4.69, 9.17) is 4.99 Å². The minimum Gasteiger partial charge on any atom is -0.298 e. The molecule has 124 valence electrons. The smallest absolute Gasteiger partial charge is 0.150 e. The second kappa shape index (κ2) is 7.71. The van der Waals surface area contributed by atoms with Crippen LogP contribution in [0.15, 0.2) is 47.5 Å². The molecule has 3 heteroatoms. The van der Waals surface area contributed by atoms with E-state index in [-0.39, 0.29) is 0 Å². The van der Waals surface area contributed by atoms with Crippen LogP contribution in [-0.2, 0) is 0 Å². The van der Waals surface area contributed by atoms with Crippen LogP contribution in [0.4, 0.5) is 0 Å². The summed E-state index contributed by atoms with van der Waals surface area (Å²) in [5.41, 5.74) is 3.20. The molecule has 0 N–H and O–H groups in total. The summed E-state index contributed by atoms with van der Waals surface area (Å²) in [6.07, 6.45) is 12.8. The summed E-state index contributed by atoms with van der Waals surface area (Å²) in [5.74, 6) is 0.489. The third-order valence-corrected chi connectivity index (χ3v) is 5.66. The molecule has 0 amide bonds. The number of rotatable bonds is 6. The Morgan fingerprint density at radius 3 is 3.00 bits per heavy atom. The molecule has 2 aromatic rings. The lowest BCUT2D eigenvalue weighted by atomic mass is 9.91. The number of benzene rings is 1. The average molecular weight is 337 g/mol. The van der Waals surface area contributed by atoms with Gasteiger partial charge < -0.3 is 0 Å². The largest absolute Gasteiger partial charge is 0.298 e. The Bertz CT molecular complexity index is 826. The van der Waals surface area contributed by atoms with Crippen LogP contribution in [0.3, 0.4) is 0 Å². The number of allylic oxidation sites excluding steroid dienone is 3. The third-order valence-electron chi connectivity index (χ3n) is 4.47. The van der Waals surface area contributed by atoms with Gasteiger partial charge in [0, 0.05) is 10.3 Å². The number of unbranched alkanes of at least 4 members (excludes halogenated alkanes) is 1. The monoisotopic (exact) mass is 337 g/mol. The van der Waals surface area contributed by atoms with Crippen molar-refractivity contribution in [1.82, 2.24) is 0 Å². The Morgan fingerprint density at radius 1 is 1.33 bits per heavy atom. The number of carbonyl (C=O) groups excluding carboxylic acids is 1. The second-order valence-corrected chi connectivity index (χ2v) is 7.33. The number of nitrogens with zero attached hydrogens (tertiary/aromatic N) is 1. The lowest BCUT2D eigenvalue weighted by Crippen LogP contribution is -2.02. The summed E-state index contributed by atoms with van der Waals surface area (Å²) in [4.78, 5) is 17.1. The Hall–Kier alpha value is -2.00. The zero-order chi connectivity index (χ0) is 16.9. The summed E-state index contributed by atoms with van der Waals surface area (Å²) in [6.45, 7) is 5.27. The van der Waals surface area contributed by atoms with Crippen molar-refractivity contribution < 1.29 is 4.79 Å². The predicted molar refractivity (Wildman–Crippen MR) is 105 cm³/mol. The van der Waals surface area contributed by atoms with Crippen molar-refractivity contribution in [3.05, 3.63) is 58.5 Å². The first-order valence-corrected chi connectivity index (χ1v) is 9.46. The highest BCUT2D eigenvalue weighted by Crippen LogP contribution is 2.39. The molecule has 0 fully saturated rings. The van der Waals surface area contributed by atoms with Gasteiger partial charge in [-0.1, -0.05) is 57.0 Å². The van der Waals surface area contributed by atoms with Crippen molar-refractivity contribution in [2.24, 2.45) is 4.99 Å². The molecule has 1 aliphatic heterocycles. The molecular weight excluding hydrogens is 314 g/mol. The number of hydrogen-bond donors (Lipinski definition) is 0. The molecule has 2 heterocycles. The van der Waals surface area contributed by atoms with E-state index >= 15 is 0 Å². The molecule has 0 bridgehead atoms. The van der Waals surface area contributed by atoms with E-state index < -0.39 is 0 Å². The fraction of sp³-hybridized carbons (Fsp3) is 0.333. The van der Waals surface area contributed by atoms with Crippen LogP contribution in [0.25, 0.3) is 10.1 Å². The van der Waals surface area contributed by atoms with Gasteiger partial charge in [0.15, 0.2) is 0 Å².